The van der Waals surface area contributed by atoms with Crippen LogP contribution in [0.25, 0.3) is 11.4 Å². The van der Waals surface area contributed by atoms with Crippen LogP contribution in [0.15, 0.2) is 18.2 Å². The van der Waals surface area contributed by atoms with Crippen molar-refractivity contribution in [1.82, 2.24) is 9.97 Å². The number of aromatic nitrogens is 2. The average Bonchev–Trinajstić information content (AvgIpc) is 2.88. The van der Waals surface area contributed by atoms with Crippen molar-refractivity contribution in [2.75, 3.05) is 30.8 Å². The van der Waals surface area contributed by atoms with E-state index < -0.39 is 0 Å². The number of benzene rings is 1. The maximum atomic E-state index is 6.08. The Kier molecular flexibility index (Phi) is 2.82. The highest BCUT2D eigenvalue weighted by Gasteiger charge is 2.19. The molecule has 2 N–H and O–H groups in total. The molecule has 1 aromatic carbocycles. The van der Waals surface area contributed by atoms with Crippen LogP contribution in [0.1, 0.15) is 16.8 Å². The first-order chi connectivity index (χ1) is 10.2. The largest absolute Gasteiger partial charge is 0.383 e. The van der Waals surface area contributed by atoms with E-state index >= 15 is 0 Å². The molecule has 5 nitrogen and oxygen atoms in total. The van der Waals surface area contributed by atoms with Crippen LogP contribution < -0.4 is 10.6 Å². The van der Waals surface area contributed by atoms with E-state index in [2.05, 4.69) is 35.1 Å². The van der Waals surface area contributed by atoms with Crippen molar-refractivity contribution < 1.29 is 4.74 Å². The van der Waals surface area contributed by atoms with Gasteiger partial charge in [0.15, 0.2) is 5.82 Å². The average molecular weight is 282 g/mol. The summed E-state index contributed by atoms with van der Waals surface area (Å²) in [5, 5.41) is 0. The van der Waals surface area contributed by atoms with Crippen molar-refractivity contribution in [1.29, 1.82) is 0 Å². The molecule has 2 aliphatic rings. The summed E-state index contributed by atoms with van der Waals surface area (Å²) in [6, 6.07) is 6.43. The standard InChI is InChI=1S/C16H18N4O/c1-20-6-4-10-8-11(2-3-14(10)20)16-18-13-5-7-21-9-12(13)15(17)19-16/h2-3,8H,4-7,9H2,1H3,(H2,17,18,19). The molecular formula is C16H18N4O. The zero-order valence-corrected chi connectivity index (χ0v) is 12.1. The first kappa shape index (κ1) is 12.6. The molecule has 1 aromatic heterocycles. The Morgan fingerprint density at radius 1 is 1.24 bits per heavy atom. The lowest BCUT2D eigenvalue weighted by Crippen LogP contribution is -2.16. The quantitative estimate of drug-likeness (QED) is 0.864. The highest BCUT2D eigenvalue weighted by atomic mass is 16.5. The number of rotatable bonds is 1. The summed E-state index contributed by atoms with van der Waals surface area (Å²) in [7, 11) is 2.12. The number of hydrogen-bond donors (Lipinski definition) is 1. The third-order valence-electron chi connectivity index (χ3n) is 4.32. The van der Waals surface area contributed by atoms with Gasteiger partial charge in [-0.25, -0.2) is 9.97 Å². The predicted molar refractivity (Wildman–Crippen MR) is 82.2 cm³/mol. The fourth-order valence-corrected chi connectivity index (χ4v) is 3.09. The number of anilines is 2. The minimum Gasteiger partial charge on any atom is -0.383 e. The van der Waals surface area contributed by atoms with E-state index in [1.54, 1.807) is 0 Å². The van der Waals surface area contributed by atoms with E-state index in [0.717, 1.165) is 42.0 Å². The molecule has 0 amide bonds. The maximum absolute atomic E-state index is 6.08. The van der Waals surface area contributed by atoms with Gasteiger partial charge in [0.1, 0.15) is 5.82 Å². The second-order valence-electron chi connectivity index (χ2n) is 5.68. The summed E-state index contributed by atoms with van der Waals surface area (Å²) >= 11 is 0. The maximum Gasteiger partial charge on any atom is 0.161 e. The van der Waals surface area contributed by atoms with Gasteiger partial charge < -0.3 is 15.4 Å². The fourth-order valence-electron chi connectivity index (χ4n) is 3.09. The Bertz CT molecular complexity index is 714. The first-order valence-electron chi connectivity index (χ1n) is 7.30. The van der Waals surface area contributed by atoms with Crippen LogP contribution in [0.4, 0.5) is 11.5 Å². The highest BCUT2D eigenvalue weighted by molar-refractivity contribution is 5.67. The van der Waals surface area contributed by atoms with Gasteiger partial charge >= 0.3 is 0 Å². The van der Waals surface area contributed by atoms with Gasteiger partial charge in [0, 0.05) is 36.8 Å². The summed E-state index contributed by atoms with van der Waals surface area (Å²) in [5.74, 6) is 1.28. The van der Waals surface area contributed by atoms with Gasteiger partial charge in [-0.1, -0.05) is 0 Å². The van der Waals surface area contributed by atoms with Crippen molar-refractivity contribution in [3.63, 3.8) is 0 Å². The lowest BCUT2D eigenvalue weighted by atomic mass is 10.1. The summed E-state index contributed by atoms with van der Waals surface area (Å²) in [4.78, 5) is 11.5. The molecule has 0 aliphatic carbocycles. The van der Waals surface area contributed by atoms with Crippen LogP contribution in [0.3, 0.4) is 0 Å². The third-order valence-corrected chi connectivity index (χ3v) is 4.32. The Hall–Kier alpha value is -2.14. The Morgan fingerprint density at radius 2 is 2.14 bits per heavy atom. The SMILES string of the molecule is CN1CCc2cc(-c3nc(N)c4c(n3)CCOC4)ccc21. The topological polar surface area (TPSA) is 64.3 Å². The second-order valence-corrected chi connectivity index (χ2v) is 5.68. The smallest absolute Gasteiger partial charge is 0.161 e. The van der Waals surface area contributed by atoms with Crippen molar-refractivity contribution in [2.45, 2.75) is 19.4 Å². The lowest BCUT2D eigenvalue weighted by molar-refractivity contribution is 0.109. The van der Waals surface area contributed by atoms with Gasteiger partial charge in [-0.05, 0) is 30.2 Å². The predicted octanol–water partition coefficient (Wildman–Crippen LogP) is 1.79. The molecular weight excluding hydrogens is 264 g/mol. The van der Waals surface area contributed by atoms with Gasteiger partial charge in [-0.2, -0.15) is 0 Å². The zero-order valence-electron chi connectivity index (χ0n) is 12.1. The molecule has 108 valence electrons. The molecule has 21 heavy (non-hydrogen) atoms. The summed E-state index contributed by atoms with van der Waals surface area (Å²) < 4.78 is 5.43. The van der Waals surface area contributed by atoms with Gasteiger partial charge in [0.05, 0.1) is 18.9 Å². The molecule has 5 heteroatoms. The van der Waals surface area contributed by atoms with Gasteiger partial charge in [-0.15, -0.1) is 0 Å². The van der Waals surface area contributed by atoms with Crippen molar-refractivity contribution in [3.8, 4) is 11.4 Å². The summed E-state index contributed by atoms with van der Waals surface area (Å²) in [6.45, 7) is 2.30. The minimum atomic E-state index is 0.524. The zero-order chi connectivity index (χ0) is 14.4. The van der Waals surface area contributed by atoms with Crippen LogP contribution in [0, 0.1) is 0 Å². The molecule has 0 saturated heterocycles. The first-order valence-corrected chi connectivity index (χ1v) is 7.30. The number of nitrogens with zero attached hydrogens (tertiary/aromatic N) is 3. The van der Waals surface area contributed by atoms with E-state index in [9.17, 15) is 0 Å². The fraction of sp³-hybridized carbons (Fsp3) is 0.375. The van der Waals surface area contributed by atoms with E-state index in [0.29, 0.717) is 19.0 Å². The van der Waals surface area contributed by atoms with E-state index in [1.807, 2.05) is 0 Å². The molecule has 0 atom stereocenters. The number of fused-ring (bicyclic) bond motifs is 2. The van der Waals surface area contributed by atoms with Gasteiger partial charge in [0.25, 0.3) is 0 Å². The van der Waals surface area contributed by atoms with Crippen molar-refractivity contribution in [2.24, 2.45) is 0 Å². The normalized spacial score (nSPS) is 16.7. The molecule has 2 aliphatic heterocycles. The van der Waals surface area contributed by atoms with Crippen molar-refractivity contribution >= 4 is 11.5 Å². The summed E-state index contributed by atoms with van der Waals surface area (Å²) in [5.41, 5.74) is 11.8. The van der Waals surface area contributed by atoms with Crippen LogP contribution in [0.2, 0.25) is 0 Å². The Balaban J connectivity index is 1.79. The highest BCUT2D eigenvalue weighted by Crippen LogP contribution is 2.31. The van der Waals surface area contributed by atoms with E-state index in [4.69, 9.17) is 15.5 Å². The number of ether oxygens (including phenoxy) is 1. The Morgan fingerprint density at radius 3 is 3.05 bits per heavy atom. The van der Waals surface area contributed by atoms with Crippen LogP contribution in [-0.2, 0) is 24.2 Å². The Labute approximate surface area is 123 Å². The van der Waals surface area contributed by atoms with Crippen LogP contribution >= 0.6 is 0 Å². The molecule has 0 saturated carbocycles. The molecule has 0 radical (unpaired) electrons. The second kappa shape index (κ2) is 4.70. The van der Waals surface area contributed by atoms with Crippen LogP contribution in [-0.4, -0.2) is 30.2 Å². The van der Waals surface area contributed by atoms with Crippen LogP contribution in [0.5, 0.6) is 0 Å². The number of likely N-dealkylation sites (N-methyl/N-ethyl adjacent to an activating group) is 1. The molecule has 0 spiro atoms. The molecule has 4 rings (SSSR count). The molecule has 2 aromatic rings. The minimum absolute atomic E-state index is 0.524. The molecule has 0 bridgehead atoms. The van der Waals surface area contributed by atoms with E-state index in [-0.39, 0.29) is 0 Å². The third kappa shape index (κ3) is 2.05. The lowest BCUT2D eigenvalue weighted by Gasteiger charge is -2.18. The van der Waals surface area contributed by atoms with E-state index in [1.165, 1.54) is 11.3 Å². The van der Waals surface area contributed by atoms with Gasteiger partial charge in [-0.3, -0.25) is 0 Å². The monoisotopic (exact) mass is 282 g/mol. The number of nitrogen functional groups attached to an aromatic ring is 1. The molecule has 0 fully saturated rings. The van der Waals surface area contributed by atoms with Crippen molar-refractivity contribution in [3.05, 3.63) is 35.0 Å². The number of nitrogens with two attached hydrogens (primary N) is 1. The summed E-state index contributed by atoms with van der Waals surface area (Å²) in [6.07, 6.45) is 1.89. The van der Waals surface area contributed by atoms with Gasteiger partial charge in [0.2, 0.25) is 0 Å². The number of hydrogen-bond acceptors (Lipinski definition) is 5. The molecule has 0 unspecified atom stereocenters. The molecule has 3 heterocycles.